The standard InChI is InChI=1S/C16H20N4O4S/c1-4-23-15(22)12-8(2)11(9(3)17-12)13(21)18-16-20-19-14(25-16)10-6-5-7-24-10/h10,17H,4-7H2,1-3H3,(H,18,20,21)/t10-/m1/s1. The fraction of sp³-hybridized carbons (Fsp3) is 0.500. The van der Waals surface area contributed by atoms with E-state index in [1.165, 1.54) is 11.3 Å². The van der Waals surface area contributed by atoms with Gasteiger partial charge in [0.15, 0.2) is 0 Å². The van der Waals surface area contributed by atoms with Crippen LogP contribution in [0.1, 0.15) is 63.0 Å². The molecule has 0 spiro atoms. The van der Waals surface area contributed by atoms with Crippen molar-refractivity contribution in [3.8, 4) is 0 Å². The van der Waals surface area contributed by atoms with Crippen molar-refractivity contribution in [1.82, 2.24) is 15.2 Å². The molecule has 3 rings (SSSR count). The Hall–Kier alpha value is -2.26. The zero-order valence-corrected chi connectivity index (χ0v) is 15.2. The van der Waals surface area contributed by atoms with Crippen LogP contribution in [0.25, 0.3) is 0 Å². The molecule has 1 saturated heterocycles. The van der Waals surface area contributed by atoms with Gasteiger partial charge in [-0.15, -0.1) is 10.2 Å². The van der Waals surface area contributed by atoms with Gasteiger partial charge >= 0.3 is 5.97 Å². The van der Waals surface area contributed by atoms with Gasteiger partial charge in [0.25, 0.3) is 5.91 Å². The zero-order valence-electron chi connectivity index (χ0n) is 14.3. The summed E-state index contributed by atoms with van der Waals surface area (Å²) in [5.41, 5.74) is 1.86. The molecule has 8 nitrogen and oxygen atoms in total. The summed E-state index contributed by atoms with van der Waals surface area (Å²) >= 11 is 1.31. The Morgan fingerprint density at radius 1 is 1.40 bits per heavy atom. The highest BCUT2D eigenvalue weighted by molar-refractivity contribution is 7.15. The number of hydrogen-bond acceptors (Lipinski definition) is 7. The lowest BCUT2D eigenvalue weighted by molar-refractivity contribution is 0.0519. The Labute approximate surface area is 148 Å². The van der Waals surface area contributed by atoms with Crippen LogP contribution in [0.2, 0.25) is 0 Å². The number of aromatic amines is 1. The molecule has 0 radical (unpaired) electrons. The summed E-state index contributed by atoms with van der Waals surface area (Å²) in [5, 5.41) is 12.0. The molecule has 9 heteroatoms. The number of rotatable bonds is 5. The lowest BCUT2D eigenvalue weighted by atomic mass is 10.1. The molecule has 0 unspecified atom stereocenters. The predicted octanol–water partition coefficient (Wildman–Crippen LogP) is 2.76. The van der Waals surface area contributed by atoms with E-state index in [-0.39, 0.29) is 18.6 Å². The maximum absolute atomic E-state index is 12.6. The van der Waals surface area contributed by atoms with Crippen molar-refractivity contribution in [2.24, 2.45) is 0 Å². The number of aryl methyl sites for hydroxylation is 1. The van der Waals surface area contributed by atoms with Gasteiger partial charge in [-0.2, -0.15) is 0 Å². The van der Waals surface area contributed by atoms with Crippen LogP contribution in [0.4, 0.5) is 5.13 Å². The number of nitrogens with zero attached hydrogens (tertiary/aromatic N) is 2. The first-order valence-corrected chi connectivity index (χ1v) is 8.95. The van der Waals surface area contributed by atoms with E-state index in [4.69, 9.17) is 9.47 Å². The number of ether oxygens (including phenoxy) is 2. The summed E-state index contributed by atoms with van der Waals surface area (Å²) in [6.07, 6.45) is 1.89. The van der Waals surface area contributed by atoms with E-state index in [2.05, 4.69) is 20.5 Å². The average Bonchev–Trinajstić information content (AvgIpc) is 3.27. The smallest absolute Gasteiger partial charge is 0.355 e. The largest absolute Gasteiger partial charge is 0.461 e. The molecule has 1 amide bonds. The molecule has 1 aliphatic rings. The second kappa shape index (κ2) is 7.32. The maximum Gasteiger partial charge on any atom is 0.355 e. The van der Waals surface area contributed by atoms with Crippen molar-refractivity contribution < 1.29 is 19.1 Å². The van der Waals surface area contributed by atoms with E-state index in [0.717, 1.165) is 24.5 Å². The highest BCUT2D eigenvalue weighted by Crippen LogP contribution is 2.32. The van der Waals surface area contributed by atoms with Gasteiger partial charge in [-0.05, 0) is 39.2 Å². The first kappa shape index (κ1) is 17.6. The molecule has 0 bridgehead atoms. The van der Waals surface area contributed by atoms with Gasteiger partial charge in [0, 0.05) is 12.3 Å². The molecule has 1 aliphatic heterocycles. The normalized spacial score (nSPS) is 16.8. The molecule has 2 aromatic rings. The predicted molar refractivity (Wildman–Crippen MR) is 92.0 cm³/mol. The molecule has 2 N–H and O–H groups in total. The van der Waals surface area contributed by atoms with E-state index < -0.39 is 5.97 Å². The summed E-state index contributed by atoms with van der Waals surface area (Å²) in [7, 11) is 0. The SMILES string of the molecule is CCOC(=O)c1[nH]c(C)c(C(=O)Nc2nnc([C@H]3CCCO3)s2)c1C. The number of H-pyrrole nitrogens is 1. The summed E-state index contributed by atoms with van der Waals surface area (Å²) in [6, 6.07) is 0. The van der Waals surface area contributed by atoms with Gasteiger partial charge in [-0.25, -0.2) is 4.79 Å². The first-order valence-electron chi connectivity index (χ1n) is 8.13. The fourth-order valence-corrected chi connectivity index (χ4v) is 3.67. The highest BCUT2D eigenvalue weighted by atomic mass is 32.1. The number of hydrogen-bond donors (Lipinski definition) is 2. The molecule has 1 fully saturated rings. The molecule has 0 aliphatic carbocycles. The van der Waals surface area contributed by atoms with Crippen LogP contribution in [0, 0.1) is 13.8 Å². The summed E-state index contributed by atoms with van der Waals surface area (Å²) in [4.78, 5) is 27.5. The quantitative estimate of drug-likeness (QED) is 0.790. The van der Waals surface area contributed by atoms with E-state index >= 15 is 0 Å². The van der Waals surface area contributed by atoms with Gasteiger partial charge in [-0.3, -0.25) is 10.1 Å². The summed E-state index contributed by atoms with van der Waals surface area (Å²) < 4.78 is 10.6. The first-order chi connectivity index (χ1) is 12.0. The van der Waals surface area contributed by atoms with Gasteiger partial charge in [0.2, 0.25) is 5.13 Å². The van der Waals surface area contributed by atoms with Gasteiger partial charge in [0.1, 0.15) is 16.8 Å². The van der Waals surface area contributed by atoms with E-state index in [9.17, 15) is 9.59 Å². The van der Waals surface area contributed by atoms with Gasteiger partial charge < -0.3 is 14.5 Å². The van der Waals surface area contributed by atoms with E-state index in [0.29, 0.717) is 27.6 Å². The van der Waals surface area contributed by atoms with Crippen molar-refractivity contribution in [2.45, 2.75) is 39.7 Å². The molecular weight excluding hydrogens is 344 g/mol. The second-order valence-electron chi connectivity index (χ2n) is 5.75. The third-order valence-electron chi connectivity index (χ3n) is 4.01. The van der Waals surface area contributed by atoms with Crippen molar-refractivity contribution in [3.05, 3.63) is 27.5 Å². The van der Waals surface area contributed by atoms with Crippen LogP contribution in [0.3, 0.4) is 0 Å². The maximum atomic E-state index is 12.6. The molecular formula is C16H20N4O4S. The number of amides is 1. The Morgan fingerprint density at radius 3 is 2.88 bits per heavy atom. The van der Waals surface area contributed by atoms with Crippen molar-refractivity contribution >= 4 is 28.3 Å². The highest BCUT2D eigenvalue weighted by Gasteiger charge is 2.25. The number of aromatic nitrogens is 3. The minimum Gasteiger partial charge on any atom is -0.461 e. The molecule has 1 atom stereocenters. The van der Waals surface area contributed by atoms with Gasteiger partial charge in [0.05, 0.1) is 12.2 Å². The summed E-state index contributed by atoms with van der Waals surface area (Å²) in [6.45, 7) is 6.18. The van der Waals surface area contributed by atoms with Gasteiger partial charge in [-0.1, -0.05) is 11.3 Å². The third kappa shape index (κ3) is 3.57. The second-order valence-corrected chi connectivity index (χ2v) is 6.76. The van der Waals surface area contributed by atoms with Crippen molar-refractivity contribution in [3.63, 3.8) is 0 Å². The average molecular weight is 364 g/mol. The lowest BCUT2D eigenvalue weighted by Gasteiger charge is -2.04. The number of carbonyl (C=O) groups excluding carboxylic acids is 2. The molecule has 134 valence electrons. The lowest BCUT2D eigenvalue weighted by Crippen LogP contribution is -2.14. The number of anilines is 1. The Bertz CT molecular complexity index is 792. The monoisotopic (exact) mass is 364 g/mol. The molecule has 25 heavy (non-hydrogen) atoms. The van der Waals surface area contributed by atoms with E-state index in [1.807, 2.05) is 0 Å². The molecule has 0 saturated carbocycles. The minimum absolute atomic E-state index is 0.0331. The topological polar surface area (TPSA) is 106 Å². The van der Waals surface area contributed by atoms with Crippen LogP contribution in [-0.4, -0.2) is 40.3 Å². The zero-order chi connectivity index (χ0) is 18.0. The fourth-order valence-electron chi connectivity index (χ4n) is 2.85. The minimum atomic E-state index is -0.473. The number of nitrogens with one attached hydrogen (secondary N) is 2. The van der Waals surface area contributed by atoms with Crippen LogP contribution >= 0.6 is 11.3 Å². The Balaban J connectivity index is 1.76. The Kier molecular flexibility index (Phi) is 5.14. The van der Waals surface area contributed by atoms with Crippen LogP contribution in [-0.2, 0) is 9.47 Å². The molecule has 3 heterocycles. The number of carbonyl (C=O) groups is 2. The molecule has 0 aromatic carbocycles. The Morgan fingerprint density at radius 2 is 2.20 bits per heavy atom. The van der Waals surface area contributed by atoms with E-state index in [1.54, 1.807) is 20.8 Å². The van der Waals surface area contributed by atoms with Crippen molar-refractivity contribution in [2.75, 3.05) is 18.5 Å². The third-order valence-corrected chi connectivity index (χ3v) is 4.94. The summed E-state index contributed by atoms with van der Waals surface area (Å²) in [5.74, 6) is -0.810. The number of esters is 1. The van der Waals surface area contributed by atoms with Crippen LogP contribution in [0.15, 0.2) is 0 Å². The molecule has 2 aromatic heterocycles. The van der Waals surface area contributed by atoms with Crippen LogP contribution < -0.4 is 5.32 Å². The van der Waals surface area contributed by atoms with Crippen LogP contribution in [0.5, 0.6) is 0 Å². The van der Waals surface area contributed by atoms with Crippen molar-refractivity contribution in [1.29, 1.82) is 0 Å².